The number of benzene rings is 2. The first-order valence-corrected chi connectivity index (χ1v) is 6.64. The van der Waals surface area contributed by atoms with Crippen LogP contribution >= 0.6 is 12.2 Å². The normalized spacial score (nSPS) is 9.90. The molecule has 0 amide bonds. The number of nitrogens with zero attached hydrogens (tertiary/aromatic N) is 2. The van der Waals surface area contributed by atoms with Gasteiger partial charge in [0.25, 0.3) is 0 Å². The molecular formula is C15H16N4S. The summed E-state index contributed by atoms with van der Waals surface area (Å²) in [4.78, 5) is 0. The summed E-state index contributed by atoms with van der Waals surface area (Å²) in [6.07, 6.45) is 0. The second-order valence-electron chi connectivity index (χ2n) is 4.44. The van der Waals surface area contributed by atoms with Gasteiger partial charge < -0.3 is 0 Å². The first kappa shape index (κ1) is 14.1. The van der Waals surface area contributed by atoms with E-state index >= 15 is 0 Å². The number of nitrogens with one attached hydrogen (secondary N) is 2. The van der Waals surface area contributed by atoms with E-state index in [4.69, 9.17) is 17.7 Å². The van der Waals surface area contributed by atoms with Crippen molar-refractivity contribution in [1.82, 2.24) is 5.43 Å². The molecule has 2 rings (SSSR count). The van der Waals surface area contributed by atoms with Gasteiger partial charge in [-0.15, -0.1) is 5.11 Å². The maximum atomic E-state index is 7.03. The minimum Gasteiger partial charge on any atom is -0.266 e. The van der Waals surface area contributed by atoms with Crippen molar-refractivity contribution in [3.8, 4) is 0 Å². The summed E-state index contributed by atoms with van der Waals surface area (Å²) in [5.74, 6) is 0. The van der Waals surface area contributed by atoms with E-state index in [-0.39, 0.29) is 5.11 Å². The second kappa shape index (κ2) is 6.25. The highest BCUT2D eigenvalue weighted by molar-refractivity contribution is 7.80. The third-order valence-corrected chi connectivity index (χ3v) is 3.20. The topological polar surface area (TPSA) is 51.5 Å². The van der Waals surface area contributed by atoms with E-state index in [0.717, 1.165) is 22.5 Å². The van der Waals surface area contributed by atoms with Crippen LogP contribution in [0.5, 0.6) is 0 Å². The minimum absolute atomic E-state index is 0.122. The maximum Gasteiger partial charge on any atom is 0.232 e. The van der Waals surface area contributed by atoms with Crippen molar-refractivity contribution in [1.29, 1.82) is 5.53 Å². The molecule has 0 aromatic heterocycles. The highest BCUT2D eigenvalue weighted by atomic mass is 32.1. The molecule has 0 fully saturated rings. The van der Waals surface area contributed by atoms with E-state index in [1.54, 1.807) is 0 Å². The lowest BCUT2D eigenvalue weighted by molar-refractivity contribution is 0.911. The largest absolute Gasteiger partial charge is 0.266 e. The fraction of sp³-hybridized carbons (Fsp3) is 0.133. The average Bonchev–Trinajstić information content (AvgIpc) is 2.46. The van der Waals surface area contributed by atoms with Crippen molar-refractivity contribution in [3.05, 3.63) is 59.7 Å². The van der Waals surface area contributed by atoms with Gasteiger partial charge in [-0.1, -0.05) is 36.4 Å². The fourth-order valence-electron chi connectivity index (χ4n) is 2.00. The van der Waals surface area contributed by atoms with E-state index in [9.17, 15) is 0 Å². The Morgan fingerprint density at radius 3 is 1.85 bits per heavy atom. The average molecular weight is 284 g/mol. The van der Waals surface area contributed by atoms with Gasteiger partial charge in [0.05, 0.1) is 11.4 Å². The lowest BCUT2D eigenvalue weighted by Gasteiger charge is -2.28. The van der Waals surface area contributed by atoms with Crippen molar-refractivity contribution in [2.24, 2.45) is 5.11 Å². The summed E-state index contributed by atoms with van der Waals surface area (Å²) in [6, 6.07) is 16.0. The third-order valence-electron chi connectivity index (χ3n) is 3.02. The van der Waals surface area contributed by atoms with Crippen LogP contribution in [0.2, 0.25) is 0 Å². The van der Waals surface area contributed by atoms with E-state index in [1.165, 1.54) is 0 Å². The van der Waals surface area contributed by atoms with Gasteiger partial charge in [0.2, 0.25) is 5.11 Å². The third kappa shape index (κ3) is 3.00. The van der Waals surface area contributed by atoms with Crippen LogP contribution in [0.3, 0.4) is 0 Å². The molecule has 0 radical (unpaired) electrons. The molecule has 0 heterocycles. The molecule has 0 atom stereocenters. The van der Waals surface area contributed by atoms with Crippen LogP contribution < -0.4 is 10.4 Å². The smallest absolute Gasteiger partial charge is 0.232 e. The first-order chi connectivity index (χ1) is 9.63. The summed E-state index contributed by atoms with van der Waals surface area (Å²) < 4.78 is 0. The molecule has 2 N–H and O–H groups in total. The molecule has 5 heteroatoms. The summed E-state index contributed by atoms with van der Waals surface area (Å²) in [5.41, 5.74) is 14.2. The zero-order valence-corrected chi connectivity index (χ0v) is 12.2. The number of rotatable bonds is 3. The number of thiocarbonyl (C=S) groups is 1. The SMILES string of the molecule is Cc1ccccc1N(NC(=S)N=N)c1ccccc1C. The van der Waals surface area contributed by atoms with Gasteiger partial charge in [-0.2, -0.15) is 0 Å². The van der Waals surface area contributed by atoms with E-state index in [1.807, 2.05) is 67.4 Å². The van der Waals surface area contributed by atoms with E-state index < -0.39 is 0 Å². The molecule has 0 spiro atoms. The van der Waals surface area contributed by atoms with Crippen molar-refractivity contribution in [3.63, 3.8) is 0 Å². The maximum absolute atomic E-state index is 7.03. The molecule has 0 saturated carbocycles. The zero-order chi connectivity index (χ0) is 14.5. The molecule has 20 heavy (non-hydrogen) atoms. The number of para-hydroxylation sites is 2. The Bertz CT molecular complexity index is 594. The van der Waals surface area contributed by atoms with Crippen LogP contribution in [0.25, 0.3) is 0 Å². The van der Waals surface area contributed by atoms with Crippen LogP contribution in [0.4, 0.5) is 11.4 Å². The second-order valence-corrected chi connectivity index (χ2v) is 4.82. The van der Waals surface area contributed by atoms with E-state index in [0.29, 0.717) is 0 Å². The molecule has 0 aliphatic carbocycles. The van der Waals surface area contributed by atoms with Crippen LogP contribution in [0.15, 0.2) is 53.6 Å². The lowest BCUT2D eigenvalue weighted by atomic mass is 10.1. The number of anilines is 2. The number of aryl methyl sites for hydroxylation is 2. The molecule has 0 saturated heterocycles. The summed E-state index contributed by atoms with van der Waals surface area (Å²) in [5, 5.41) is 5.26. The van der Waals surface area contributed by atoms with Crippen LogP contribution in [-0.4, -0.2) is 5.11 Å². The van der Waals surface area contributed by atoms with Crippen molar-refractivity contribution < 1.29 is 0 Å². The Hall–Kier alpha value is -2.27. The van der Waals surface area contributed by atoms with Crippen LogP contribution in [0.1, 0.15) is 11.1 Å². The summed E-state index contributed by atoms with van der Waals surface area (Å²) >= 11 is 5.01. The molecule has 0 aliphatic heterocycles. The molecular weight excluding hydrogens is 268 g/mol. The Balaban J connectivity index is 2.51. The molecule has 0 bridgehead atoms. The molecule has 102 valence electrons. The lowest BCUT2D eigenvalue weighted by Crippen LogP contribution is -2.37. The fourth-order valence-corrected chi connectivity index (χ4v) is 2.09. The van der Waals surface area contributed by atoms with Crippen molar-refractivity contribution in [2.75, 3.05) is 5.01 Å². The summed E-state index contributed by atoms with van der Waals surface area (Å²) in [6.45, 7) is 4.06. The number of hydrogen-bond donors (Lipinski definition) is 2. The van der Waals surface area contributed by atoms with Gasteiger partial charge >= 0.3 is 0 Å². The number of hydrogen-bond acceptors (Lipinski definition) is 3. The van der Waals surface area contributed by atoms with Crippen molar-refractivity contribution in [2.45, 2.75) is 13.8 Å². The molecule has 0 aliphatic rings. The van der Waals surface area contributed by atoms with Gasteiger partial charge in [0.1, 0.15) is 0 Å². The molecule has 0 unspecified atom stereocenters. The Kier molecular flexibility index (Phi) is 4.42. The highest BCUT2D eigenvalue weighted by Crippen LogP contribution is 2.28. The van der Waals surface area contributed by atoms with Crippen LogP contribution in [-0.2, 0) is 0 Å². The highest BCUT2D eigenvalue weighted by Gasteiger charge is 2.14. The standard InChI is InChI=1S/C15H16N4S/c1-11-7-3-5-9-13(11)19(18-15(20)17-16)14-10-6-4-8-12(14)2/h3-10,16H,1-2H3,(H,18,20). The van der Waals surface area contributed by atoms with Gasteiger partial charge in [-0.05, 0) is 49.3 Å². The minimum atomic E-state index is 0.122. The summed E-state index contributed by atoms with van der Waals surface area (Å²) in [7, 11) is 0. The molecule has 2 aromatic carbocycles. The van der Waals surface area contributed by atoms with Gasteiger partial charge in [-0.3, -0.25) is 10.4 Å². The van der Waals surface area contributed by atoms with Crippen molar-refractivity contribution >= 4 is 28.7 Å². The monoisotopic (exact) mass is 284 g/mol. The predicted octanol–water partition coefficient (Wildman–Crippen LogP) is 4.26. The Morgan fingerprint density at radius 2 is 1.45 bits per heavy atom. The van der Waals surface area contributed by atoms with Gasteiger partial charge in [0.15, 0.2) is 0 Å². The van der Waals surface area contributed by atoms with Gasteiger partial charge in [0, 0.05) is 0 Å². The number of hydrazine groups is 1. The first-order valence-electron chi connectivity index (χ1n) is 6.23. The van der Waals surface area contributed by atoms with Gasteiger partial charge in [-0.25, -0.2) is 5.53 Å². The molecule has 4 nitrogen and oxygen atoms in total. The Morgan fingerprint density at radius 1 is 1.00 bits per heavy atom. The van der Waals surface area contributed by atoms with E-state index in [2.05, 4.69) is 10.5 Å². The zero-order valence-electron chi connectivity index (χ0n) is 11.4. The van der Waals surface area contributed by atoms with Crippen LogP contribution in [0, 0.1) is 19.4 Å². The predicted molar refractivity (Wildman–Crippen MR) is 85.4 cm³/mol. The molecule has 2 aromatic rings. The Labute approximate surface area is 123 Å². The quantitative estimate of drug-likeness (QED) is 0.503.